The highest BCUT2D eigenvalue weighted by molar-refractivity contribution is 7.09. The van der Waals surface area contributed by atoms with Crippen LogP contribution in [-0.4, -0.2) is 10.8 Å². The summed E-state index contributed by atoms with van der Waals surface area (Å²) in [7, 11) is 0. The van der Waals surface area contributed by atoms with Crippen LogP contribution in [0.1, 0.15) is 41.8 Å². The number of amides is 1. The first-order valence-electron chi connectivity index (χ1n) is 7.15. The first kappa shape index (κ1) is 13.4. The van der Waals surface area contributed by atoms with Gasteiger partial charge in [0.15, 0.2) is 0 Å². The molecule has 3 rings (SSSR count). The standard InChI is InChI=1S/C17H19NOS/c1-13-16-9-3-2-6-14(16)12-18(13)17(19)10-4-7-15-8-5-11-20-15/h2-3,5-6,8-9,11,13H,4,7,10,12H2,1H3/t13-/m0/s1. The first-order chi connectivity index (χ1) is 9.75. The minimum absolute atomic E-state index is 0.223. The van der Waals surface area contributed by atoms with Crippen LogP contribution in [0.4, 0.5) is 0 Å². The molecule has 3 heteroatoms. The zero-order valence-corrected chi connectivity index (χ0v) is 12.5. The Balaban J connectivity index is 1.56. The average Bonchev–Trinajstić information content (AvgIpc) is 3.08. The lowest BCUT2D eigenvalue weighted by atomic mass is 10.1. The molecule has 0 unspecified atom stereocenters. The number of fused-ring (bicyclic) bond motifs is 1. The molecule has 0 saturated heterocycles. The second-order valence-corrected chi connectivity index (χ2v) is 6.36. The van der Waals surface area contributed by atoms with Crippen LogP contribution in [0.25, 0.3) is 0 Å². The van der Waals surface area contributed by atoms with Gasteiger partial charge in [-0.05, 0) is 42.3 Å². The van der Waals surface area contributed by atoms with Gasteiger partial charge >= 0.3 is 0 Å². The maximum absolute atomic E-state index is 12.4. The largest absolute Gasteiger partial charge is 0.332 e. The number of carbonyl (C=O) groups excluding carboxylic acids is 1. The highest BCUT2D eigenvalue weighted by Crippen LogP contribution is 2.33. The predicted molar refractivity (Wildman–Crippen MR) is 82.7 cm³/mol. The number of rotatable bonds is 4. The van der Waals surface area contributed by atoms with E-state index in [1.165, 1.54) is 16.0 Å². The van der Waals surface area contributed by atoms with E-state index in [0.29, 0.717) is 6.42 Å². The summed E-state index contributed by atoms with van der Waals surface area (Å²) in [6.45, 7) is 2.90. The molecule has 2 nitrogen and oxygen atoms in total. The summed E-state index contributed by atoms with van der Waals surface area (Å²) < 4.78 is 0. The quantitative estimate of drug-likeness (QED) is 0.825. The van der Waals surface area contributed by atoms with Gasteiger partial charge in [-0.3, -0.25) is 4.79 Å². The lowest BCUT2D eigenvalue weighted by molar-refractivity contribution is -0.133. The Labute approximate surface area is 124 Å². The number of carbonyl (C=O) groups is 1. The fourth-order valence-corrected chi connectivity index (χ4v) is 3.64. The summed E-state index contributed by atoms with van der Waals surface area (Å²) in [5, 5.41) is 2.09. The Hall–Kier alpha value is -1.61. The van der Waals surface area contributed by atoms with Crippen molar-refractivity contribution in [2.45, 2.75) is 38.8 Å². The van der Waals surface area contributed by atoms with Crippen molar-refractivity contribution >= 4 is 17.2 Å². The van der Waals surface area contributed by atoms with Gasteiger partial charge in [0.05, 0.1) is 6.04 Å². The smallest absolute Gasteiger partial charge is 0.223 e. The monoisotopic (exact) mass is 285 g/mol. The summed E-state index contributed by atoms with van der Waals surface area (Å²) >= 11 is 1.77. The highest BCUT2D eigenvalue weighted by Gasteiger charge is 2.29. The van der Waals surface area contributed by atoms with Crippen molar-refractivity contribution in [1.82, 2.24) is 4.90 Å². The van der Waals surface area contributed by atoms with Crippen molar-refractivity contribution < 1.29 is 4.79 Å². The fraction of sp³-hybridized carbons (Fsp3) is 0.353. The molecule has 2 aromatic rings. The SMILES string of the molecule is C[C@H]1c2ccccc2CN1C(=O)CCCc1cccs1. The van der Waals surface area contributed by atoms with Crippen molar-refractivity contribution in [1.29, 1.82) is 0 Å². The van der Waals surface area contributed by atoms with Crippen LogP contribution in [0.15, 0.2) is 41.8 Å². The van der Waals surface area contributed by atoms with E-state index in [1.54, 1.807) is 11.3 Å². The third-order valence-electron chi connectivity index (χ3n) is 4.03. The molecule has 20 heavy (non-hydrogen) atoms. The first-order valence-corrected chi connectivity index (χ1v) is 8.03. The summed E-state index contributed by atoms with van der Waals surface area (Å²) in [4.78, 5) is 15.8. The molecule has 2 heterocycles. The van der Waals surface area contributed by atoms with Crippen LogP contribution in [-0.2, 0) is 17.8 Å². The van der Waals surface area contributed by atoms with Gasteiger partial charge in [0, 0.05) is 17.8 Å². The zero-order chi connectivity index (χ0) is 13.9. The van der Waals surface area contributed by atoms with Crippen LogP contribution >= 0.6 is 11.3 Å². The molecule has 0 radical (unpaired) electrons. The van der Waals surface area contributed by atoms with E-state index in [0.717, 1.165) is 19.4 Å². The van der Waals surface area contributed by atoms with E-state index in [1.807, 2.05) is 4.90 Å². The molecule has 0 saturated carbocycles. The second-order valence-electron chi connectivity index (χ2n) is 5.33. The Morgan fingerprint density at radius 3 is 2.90 bits per heavy atom. The Morgan fingerprint density at radius 2 is 2.15 bits per heavy atom. The second kappa shape index (κ2) is 5.80. The van der Waals surface area contributed by atoms with Crippen molar-refractivity contribution in [3.63, 3.8) is 0 Å². The molecular formula is C17H19NOS. The van der Waals surface area contributed by atoms with Crippen LogP contribution in [0.2, 0.25) is 0 Å². The summed E-state index contributed by atoms with van der Waals surface area (Å²) in [5.41, 5.74) is 2.60. The molecule has 1 atom stereocenters. The van der Waals surface area contributed by atoms with Gasteiger partial charge in [-0.15, -0.1) is 11.3 Å². The van der Waals surface area contributed by atoms with Crippen molar-refractivity contribution in [3.8, 4) is 0 Å². The predicted octanol–water partition coefficient (Wildman–Crippen LogP) is 4.17. The summed E-state index contributed by atoms with van der Waals surface area (Å²) in [6, 6.07) is 12.8. The third-order valence-corrected chi connectivity index (χ3v) is 4.96. The molecule has 0 aliphatic carbocycles. The summed E-state index contributed by atoms with van der Waals surface area (Å²) in [6.07, 6.45) is 2.60. The molecule has 104 valence electrons. The molecular weight excluding hydrogens is 266 g/mol. The molecule has 0 spiro atoms. The third kappa shape index (κ3) is 2.63. The lowest BCUT2D eigenvalue weighted by Gasteiger charge is -2.22. The maximum Gasteiger partial charge on any atom is 0.223 e. The minimum atomic E-state index is 0.223. The maximum atomic E-state index is 12.4. The van der Waals surface area contributed by atoms with Gasteiger partial charge < -0.3 is 4.90 Å². The van der Waals surface area contributed by atoms with Crippen LogP contribution in [0.5, 0.6) is 0 Å². The molecule has 0 fully saturated rings. The molecule has 0 N–H and O–H groups in total. The van der Waals surface area contributed by atoms with Crippen LogP contribution in [0, 0.1) is 0 Å². The van der Waals surface area contributed by atoms with E-state index >= 15 is 0 Å². The van der Waals surface area contributed by atoms with Crippen molar-refractivity contribution in [2.75, 3.05) is 0 Å². The molecule has 1 aromatic carbocycles. The van der Waals surface area contributed by atoms with E-state index < -0.39 is 0 Å². The van der Waals surface area contributed by atoms with E-state index in [-0.39, 0.29) is 11.9 Å². The number of hydrogen-bond acceptors (Lipinski definition) is 2. The number of thiophene rings is 1. The summed E-state index contributed by atoms with van der Waals surface area (Å²) in [5.74, 6) is 0.283. The Bertz CT molecular complexity index is 591. The van der Waals surface area contributed by atoms with Gasteiger partial charge in [0.2, 0.25) is 5.91 Å². The minimum Gasteiger partial charge on any atom is -0.332 e. The number of benzene rings is 1. The number of nitrogens with zero attached hydrogens (tertiary/aromatic N) is 1. The van der Waals surface area contributed by atoms with Gasteiger partial charge in [0.1, 0.15) is 0 Å². The number of hydrogen-bond donors (Lipinski definition) is 0. The van der Waals surface area contributed by atoms with E-state index in [2.05, 4.69) is 48.7 Å². The molecule has 1 aromatic heterocycles. The number of aryl methyl sites for hydroxylation is 1. The van der Waals surface area contributed by atoms with Crippen LogP contribution in [0.3, 0.4) is 0 Å². The Morgan fingerprint density at radius 1 is 1.30 bits per heavy atom. The molecule has 1 aliphatic rings. The van der Waals surface area contributed by atoms with Gasteiger partial charge in [-0.1, -0.05) is 30.3 Å². The van der Waals surface area contributed by atoms with E-state index in [4.69, 9.17) is 0 Å². The molecule has 0 bridgehead atoms. The average molecular weight is 285 g/mol. The fourth-order valence-electron chi connectivity index (χ4n) is 2.89. The van der Waals surface area contributed by atoms with Gasteiger partial charge in [0.25, 0.3) is 0 Å². The molecule has 1 amide bonds. The van der Waals surface area contributed by atoms with Crippen LogP contribution < -0.4 is 0 Å². The van der Waals surface area contributed by atoms with Crippen molar-refractivity contribution in [3.05, 3.63) is 57.8 Å². The normalized spacial score (nSPS) is 17.2. The molecule has 1 aliphatic heterocycles. The topological polar surface area (TPSA) is 20.3 Å². The highest BCUT2D eigenvalue weighted by atomic mass is 32.1. The van der Waals surface area contributed by atoms with Gasteiger partial charge in [-0.25, -0.2) is 0 Å². The van der Waals surface area contributed by atoms with Gasteiger partial charge in [-0.2, -0.15) is 0 Å². The Kier molecular flexibility index (Phi) is 3.88. The van der Waals surface area contributed by atoms with E-state index in [9.17, 15) is 4.79 Å². The zero-order valence-electron chi connectivity index (χ0n) is 11.7. The lowest BCUT2D eigenvalue weighted by Crippen LogP contribution is -2.27. The van der Waals surface area contributed by atoms with Crippen molar-refractivity contribution in [2.24, 2.45) is 0 Å².